The topological polar surface area (TPSA) is 16.4 Å². The van der Waals surface area contributed by atoms with E-state index in [0.717, 1.165) is 11.2 Å². The fourth-order valence-electron chi connectivity index (χ4n) is 11.6. The molecule has 8 aromatic rings. The van der Waals surface area contributed by atoms with Crippen molar-refractivity contribution in [2.75, 3.05) is 4.90 Å². The van der Waals surface area contributed by atoms with Gasteiger partial charge in [0.25, 0.3) is 0 Å². The molecule has 3 aliphatic rings. The van der Waals surface area contributed by atoms with E-state index in [1.165, 1.54) is 106 Å². The van der Waals surface area contributed by atoms with Crippen LogP contribution in [-0.4, -0.2) is 0 Å². The Morgan fingerprint density at radius 1 is 0.443 bits per heavy atom. The Bertz CT molecular complexity index is 3190. The van der Waals surface area contributed by atoms with Crippen LogP contribution in [0, 0.1) is 0 Å². The van der Waals surface area contributed by atoms with Crippen molar-refractivity contribution in [3.05, 3.63) is 172 Å². The van der Waals surface area contributed by atoms with Crippen molar-refractivity contribution in [2.45, 2.75) is 110 Å². The van der Waals surface area contributed by atoms with Gasteiger partial charge in [-0.1, -0.05) is 174 Å². The first kappa shape index (κ1) is 38.1. The summed E-state index contributed by atoms with van der Waals surface area (Å²) in [5, 5.41) is 2.43. The van der Waals surface area contributed by atoms with Gasteiger partial charge in [-0.3, -0.25) is 0 Å². The SMILES string of the molecule is CC(C)(C)c1cc(C(C)(C)C)c2oc3ccc4c(c3c2c1)-c1c(N(c2ccc3c(c2)C(C)(C)c2ccccc2-3)c2cccc3c2-c2ccccc2C3(C)C)cccc1C4(C)C. The van der Waals surface area contributed by atoms with Crippen LogP contribution in [0.3, 0.4) is 0 Å². The second-order valence-corrected chi connectivity index (χ2v) is 21.8. The minimum atomic E-state index is -0.243. The largest absolute Gasteiger partial charge is 0.456 e. The van der Waals surface area contributed by atoms with Crippen molar-refractivity contribution in [3.63, 3.8) is 0 Å². The number of hydrogen-bond acceptors (Lipinski definition) is 2. The summed E-state index contributed by atoms with van der Waals surface area (Å²) in [6, 6.07) is 48.8. The molecule has 7 aromatic carbocycles. The lowest BCUT2D eigenvalue weighted by Gasteiger charge is -2.32. The van der Waals surface area contributed by atoms with E-state index in [-0.39, 0.29) is 27.1 Å². The molecular formula is C59H57NO. The Balaban J connectivity index is 1.26. The molecule has 0 radical (unpaired) electrons. The zero-order valence-electron chi connectivity index (χ0n) is 38.0. The molecule has 0 fully saturated rings. The number of benzene rings is 7. The Hall–Kier alpha value is -5.86. The second kappa shape index (κ2) is 12.2. The fourth-order valence-corrected chi connectivity index (χ4v) is 11.6. The second-order valence-electron chi connectivity index (χ2n) is 21.8. The Morgan fingerprint density at radius 2 is 0.984 bits per heavy atom. The third-order valence-corrected chi connectivity index (χ3v) is 14.9. The Labute approximate surface area is 362 Å². The molecule has 3 aliphatic carbocycles. The predicted octanol–water partition coefficient (Wildman–Crippen LogP) is 16.6. The summed E-state index contributed by atoms with van der Waals surface area (Å²) < 4.78 is 7.07. The van der Waals surface area contributed by atoms with Crippen molar-refractivity contribution >= 4 is 39.0 Å². The first-order chi connectivity index (χ1) is 28.8. The molecule has 0 atom stereocenters. The molecule has 0 unspecified atom stereocenters. The monoisotopic (exact) mass is 795 g/mol. The zero-order chi connectivity index (χ0) is 42.8. The van der Waals surface area contributed by atoms with Gasteiger partial charge in [-0.15, -0.1) is 0 Å². The molecule has 0 aliphatic heterocycles. The lowest BCUT2D eigenvalue weighted by Crippen LogP contribution is -2.18. The minimum absolute atomic E-state index is 0.0341. The predicted molar refractivity (Wildman–Crippen MR) is 258 cm³/mol. The van der Waals surface area contributed by atoms with Gasteiger partial charge in [0.2, 0.25) is 0 Å². The molecule has 2 nitrogen and oxygen atoms in total. The molecular weight excluding hydrogens is 739 g/mol. The third kappa shape index (κ3) is 5.08. The minimum Gasteiger partial charge on any atom is -0.456 e. The average Bonchev–Trinajstić information content (AvgIpc) is 3.86. The van der Waals surface area contributed by atoms with Crippen molar-refractivity contribution in [3.8, 4) is 33.4 Å². The van der Waals surface area contributed by atoms with Crippen molar-refractivity contribution in [1.29, 1.82) is 0 Å². The van der Waals surface area contributed by atoms with Crippen LogP contribution in [0.25, 0.3) is 55.3 Å². The molecule has 2 heteroatoms. The first-order valence-electron chi connectivity index (χ1n) is 22.3. The lowest BCUT2D eigenvalue weighted by molar-refractivity contribution is 0.559. The molecule has 11 rings (SSSR count). The maximum absolute atomic E-state index is 7.07. The van der Waals surface area contributed by atoms with Gasteiger partial charge < -0.3 is 9.32 Å². The molecule has 0 amide bonds. The third-order valence-electron chi connectivity index (χ3n) is 14.9. The van der Waals surface area contributed by atoms with E-state index in [0.29, 0.717) is 0 Å². The molecule has 0 saturated carbocycles. The number of furan rings is 1. The standard InChI is InChI=1S/C59H57NO/c1-55(2,3)34-31-39-51-49(61-54(39)46(32-34)56(4,5)6)30-29-44-53(51)52-43(59(44,11)12)24-18-26-48(52)60(35-27-28-37-36-19-13-15-21-40(36)58(9,10)45(37)33-35)47-25-17-23-42-50(47)38-20-14-16-22-41(38)57(42,7)8/h13-33H,1-12H3. The van der Waals surface area contributed by atoms with Gasteiger partial charge in [-0.05, 0) is 108 Å². The van der Waals surface area contributed by atoms with Gasteiger partial charge in [0, 0.05) is 49.4 Å². The fraction of sp³-hybridized carbons (Fsp3) is 0.288. The van der Waals surface area contributed by atoms with E-state index in [4.69, 9.17) is 4.42 Å². The van der Waals surface area contributed by atoms with Crippen LogP contribution in [0.4, 0.5) is 17.1 Å². The van der Waals surface area contributed by atoms with Crippen molar-refractivity contribution in [2.24, 2.45) is 0 Å². The van der Waals surface area contributed by atoms with Crippen molar-refractivity contribution < 1.29 is 4.42 Å². The number of nitrogens with zero attached hydrogens (tertiary/aromatic N) is 1. The maximum Gasteiger partial charge on any atom is 0.139 e. The van der Waals surface area contributed by atoms with Crippen LogP contribution < -0.4 is 4.90 Å². The summed E-state index contributed by atoms with van der Waals surface area (Å²) in [5.41, 5.74) is 23.5. The molecule has 0 saturated heterocycles. The van der Waals surface area contributed by atoms with E-state index < -0.39 is 0 Å². The molecule has 1 heterocycles. The Kier molecular flexibility index (Phi) is 7.59. The van der Waals surface area contributed by atoms with E-state index in [2.05, 4.69) is 215 Å². The van der Waals surface area contributed by atoms with E-state index in [1.807, 2.05) is 0 Å². The van der Waals surface area contributed by atoms with Gasteiger partial charge in [0.1, 0.15) is 11.2 Å². The highest BCUT2D eigenvalue weighted by Crippen LogP contribution is 2.61. The van der Waals surface area contributed by atoms with Crippen LogP contribution in [0.2, 0.25) is 0 Å². The molecule has 1 aromatic heterocycles. The molecule has 0 N–H and O–H groups in total. The zero-order valence-corrected chi connectivity index (χ0v) is 38.0. The summed E-state index contributed by atoms with van der Waals surface area (Å²) >= 11 is 0. The van der Waals surface area contributed by atoms with Crippen LogP contribution in [-0.2, 0) is 27.1 Å². The van der Waals surface area contributed by atoms with E-state index in [1.54, 1.807) is 0 Å². The van der Waals surface area contributed by atoms with Crippen LogP contribution in [0.1, 0.15) is 128 Å². The molecule has 61 heavy (non-hydrogen) atoms. The number of fused-ring (bicyclic) bond motifs is 13. The lowest BCUT2D eigenvalue weighted by atomic mass is 9.79. The highest BCUT2D eigenvalue weighted by atomic mass is 16.3. The summed E-state index contributed by atoms with van der Waals surface area (Å²) in [4.78, 5) is 2.61. The van der Waals surface area contributed by atoms with E-state index >= 15 is 0 Å². The van der Waals surface area contributed by atoms with Crippen LogP contribution in [0.5, 0.6) is 0 Å². The van der Waals surface area contributed by atoms with Gasteiger partial charge in [-0.25, -0.2) is 0 Å². The Morgan fingerprint density at radius 3 is 1.66 bits per heavy atom. The highest BCUT2D eigenvalue weighted by molar-refractivity contribution is 6.18. The highest BCUT2D eigenvalue weighted by Gasteiger charge is 2.43. The number of rotatable bonds is 3. The van der Waals surface area contributed by atoms with E-state index in [9.17, 15) is 0 Å². The van der Waals surface area contributed by atoms with Gasteiger partial charge >= 0.3 is 0 Å². The van der Waals surface area contributed by atoms with Gasteiger partial charge in [0.15, 0.2) is 0 Å². The number of hydrogen-bond donors (Lipinski definition) is 0. The summed E-state index contributed by atoms with van der Waals surface area (Å²) in [6.07, 6.45) is 0. The van der Waals surface area contributed by atoms with Crippen LogP contribution in [0.15, 0.2) is 132 Å². The maximum atomic E-state index is 7.07. The first-order valence-corrected chi connectivity index (χ1v) is 22.3. The van der Waals surface area contributed by atoms with Gasteiger partial charge in [0.05, 0.1) is 11.4 Å². The normalized spacial score (nSPS) is 16.3. The number of anilines is 3. The average molecular weight is 796 g/mol. The summed E-state index contributed by atoms with van der Waals surface area (Å²) in [7, 11) is 0. The molecule has 304 valence electrons. The smallest absolute Gasteiger partial charge is 0.139 e. The quantitative estimate of drug-likeness (QED) is 0.177. The molecule has 0 spiro atoms. The van der Waals surface area contributed by atoms with Crippen molar-refractivity contribution in [1.82, 2.24) is 0 Å². The summed E-state index contributed by atoms with van der Waals surface area (Å²) in [5.74, 6) is 0. The summed E-state index contributed by atoms with van der Waals surface area (Å²) in [6.45, 7) is 28.3. The molecule has 0 bridgehead atoms. The van der Waals surface area contributed by atoms with Crippen LogP contribution >= 0.6 is 0 Å². The van der Waals surface area contributed by atoms with Gasteiger partial charge in [-0.2, -0.15) is 0 Å².